The molecule has 1 atom stereocenters. The van der Waals surface area contributed by atoms with E-state index in [-0.39, 0.29) is 31.1 Å². The monoisotopic (exact) mass is 1010 g/mol. The zero-order valence-corrected chi connectivity index (χ0v) is 48.5. The Kier molecular flexibility index (Phi) is 59.2. The van der Waals surface area contributed by atoms with Crippen molar-refractivity contribution in [1.82, 2.24) is 0 Å². The first-order chi connectivity index (χ1) is 35.5. The summed E-state index contributed by atoms with van der Waals surface area (Å²) in [5.41, 5.74) is 0. The van der Waals surface area contributed by atoms with Crippen LogP contribution in [0.15, 0.2) is 36.5 Å². The molecule has 1 unspecified atom stereocenters. The van der Waals surface area contributed by atoms with Crippen LogP contribution in [0, 0.1) is 0 Å². The van der Waals surface area contributed by atoms with Crippen LogP contribution in [0.25, 0.3) is 0 Å². The summed E-state index contributed by atoms with van der Waals surface area (Å²) in [7, 11) is 0. The molecule has 0 rings (SSSR count). The Hall–Kier alpha value is -2.37. The number of unbranched alkanes of at least 4 members (excludes halogenated alkanes) is 42. The van der Waals surface area contributed by atoms with E-state index in [4.69, 9.17) is 14.2 Å². The van der Waals surface area contributed by atoms with Crippen LogP contribution < -0.4 is 0 Å². The van der Waals surface area contributed by atoms with Gasteiger partial charge < -0.3 is 14.2 Å². The molecule has 0 aromatic rings. The van der Waals surface area contributed by atoms with Gasteiger partial charge >= 0.3 is 17.9 Å². The molecule has 0 N–H and O–H groups in total. The molecule has 0 spiro atoms. The van der Waals surface area contributed by atoms with Crippen molar-refractivity contribution in [3.8, 4) is 0 Å². The second-order valence-electron chi connectivity index (χ2n) is 21.7. The van der Waals surface area contributed by atoms with E-state index in [0.717, 1.165) is 70.6 Å². The fourth-order valence-corrected chi connectivity index (χ4v) is 9.53. The Morgan fingerprint density at radius 2 is 0.500 bits per heavy atom. The Bertz CT molecular complexity index is 1210. The van der Waals surface area contributed by atoms with Crippen LogP contribution in [-0.2, 0) is 28.6 Å². The molecule has 0 amide bonds. The average Bonchev–Trinajstić information content (AvgIpc) is 3.38. The number of carbonyl (C=O) groups excluding carboxylic acids is 3. The fraction of sp³-hybridized carbons (Fsp3) is 0.864. The maximum Gasteiger partial charge on any atom is 0.306 e. The lowest BCUT2D eigenvalue weighted by molar-refractivity contribution is -0.167. The standard InChI is InChI=1S/C66H122O6/c1-4-7-10-13-16-19-22-24-26-28-29-30-31-32-33-34-35-36-37-39-40-42-44-47-50-53-56-59-65(68)71-62-63(61-70-64(67)58-55-52-49-46-21-18-15-12-9-6-3)72-66(69)60-57-54-51-48-45-43-41-38-27-25-23-20-17-14-11-8-5-2/h17,20,25,27-29,63H,4-16,18-19,21-24,26,30-62H2,1-3H3/b20-17-,27-25-,29-28-. The summed E-state index contributed by atoms with van der Waals surface area (Å²) in [6, 6.07) is 0. The van der Waals surface area contributed by atoms with Crippen LogP contribution in [0.1, 0.15) is 348 Å². The highest BCUT2D eigenvalue weighted by molar-refractivity contribution is 5.71. The normalized spacial score (nSPS) is 12.2. The van der Waals surface area contributed by atoms with Crippen molar-refractivity contribution in [3.05, 3.63) is 36.5 Å². The second-order valence-corrected chi connectivity index (χ2v) is 21.7. The summed E-state index contributed by atoms with van der Waals surface area (Å²) in [4.78, 5) is 38.2. The molecule has 0 aliphatic carbocycles. The van der Waals surface area contributed by atoms with Crippen molar-refractivity contribution in [3.63, 3.8) is 0 Å². The van der Waals surface area contributed by atoms with E-state index < -0.39 is 6.10 Å². The van der Waals surface area contributed by atoms with Gasteiger partial charge in [-0.25, -0.2) is 0 Å². The summed E-state index contributed by atoms with van der Waals surface area (Å²) in [5, 5.41) is 0. The molecule has 0 aliphatic heterocycles. The summed E-state index contributed by atoms with van der Waals surface area (Å²) in [5.74, 6) is -0.860. The molecular formula is C66H122O6. The van der Waals surface area contributed by atoms with Crippen LogP contribution in [-0.4, -0.2) is 37.2 Å². The van der Waals surface area contributed by atoms with Gasteiger partial charge in [0.2, 0.25) is 0 Å². The van der Waals surface area contributed by atoms with Crippen LogP contribution >= 0.6 is 0 Å². The minimum Gasteiger partial charge on any atom is -0.462 e. The second kappa shape index (κ2) is 61.2. The van der Waals surface area contributed by atoms with E-state index in [1.54, 1.807) is 0 Å². The number of allylic oxidation sites excluding steroid dienone is 6. The summed E-state index contributed by atoms with van der Waals surface area (Å²) in [6.07, 6.45) is 74.5. The topological polar surface area (TPSA) is 78.9 Å². The molecule has 0 aromatic carbocycles. The molecule has 0 aliphatic rings. The summed E-state index contributed by atoms with van der Waals surface area (Å²) < 4.78 is 16.9. The molecule has 422 valence electrons. The van der Waals surface area contributed by atoms with Gasteiger partial charge in [0, 0.05) is 19.3 Å². The quantitative estimate of drug-likeness (QED) is 0.0261. The van der Waals surface area contributed by atoms with E-state index in [9.17, 15) is 14.4 Å². The third-order valence-corrected chi connectivity index (χ3v) is 14.4. The molecule has 0 saturated heterocycles. The number of hydrogen-bond acceptors (Lipinski definition) is 6. The van der Waals surface area contributed by atoms with Crippen molar-refractivity contribution in [2.45, 2.75) is 354 Å². The smallest absolute Gasteiger partial charge is 0.306 e. The van der Waals surface area contributed by atoms with E-state index in [1.807, 2.05) is 0 Å². The van der Waals surface area contributed by atoms with E-state index in [2.05, 4.69) is 57.2 Å². The van der Waals surface area contributed by atoms with Crippen LogP contribution in [0.5, 0.6) is 0 Å². The molecule has 0 aromatic heterocycles. The Labute approximate surface area is 448 Å². The third-order valence-electron chi connectivity index (χ3n) is 14.4. The highest BCUT2D eigenvalue weighted by Crippen LogP contribution is 2.17. The first-order valence-electron chi connectivity index (χ1n) is 32.0. The lowest BCUT2D eigenvalue weighted by Crippen LogP contribution is -2.30. The van der Waals surface area contributed by atoms with Gasteiger partial charge in [-0.05, 0) is 77.0 Å². The summed E-state index contributed by atoms with van der Waals surface area (Å²) in [6.45, 7) is 6.65. The lowest BCUT2D eigenvalue weighted by Gasteiger charge is -2.18. The largest absolute Gasteiger partial charge is 0.462 e. The van der Waals surface area contributed by atoms with E-state index in [1.165, 1.54) is 238 Å². The molecular weight excluding hydrogens is 889 g/mol. The van der Waals surface area contributed by atoms with Crippen molar-refractivity contribution < 1.29 is 28.6 Å². The van der Waals surface area contributed by atoms with Crippen LogP contribution in [0.3, 0.4) is 0 Å². The van der Waals surface area contributed by atoms with Gasteiger partial charge in [-0.15, -0.1) is 0 Å². The van der Waals surface area contributed by atoms with Crippen molar-refractivity contribution in [2.75, 3.05) is 13.2 Å². The number of hydrogen-bond donors (Lipinski definition) is 0. The Morgan fingerprint density at radius 3 is 0.806 bits per heavy atom. The van der Waals surface area contributed by atoms with Gasteiger partial charge in [0.05, 0.1) is 0 Å². The van der Waals surface area contributed by atoms with Crippen LogP contribution in [0.4, 0.5) is 0 Å². The third kappa shape index (κ3) is 58.5. The van der Waals surface area contributed by atoms with Crippen LogP contribution in [0.2, 0.25) is 0 Å². The fourth-order valence-electron chi connectivity index (χ4n) is 9.53. The number of carbonyl (C=O) groups is 3. The first kappa shape index (κ1) is 69.6. The highest BCUT2D eigenvalue weighted by atomic mass is 16.6. The van der Waals surface area contributed by atoms with Gasteiger partial charge in [-0.2, -0.15) is 0 Å². The Balaban J connectivity index is 4.16. The molecule has 0 saturated carbocycles. The predicted molar refractivity (Wildman–Crippen MR) is 312 cm³/mol. The van der Waals surface area contributed by atoms with Crippen molar-refractivity contribution in [2.24, 2.45) is 0 Å². The minimum absolute atomic E-state index is 0.0711. The summed E-state index contributed by atoms with van der Waals surface area (Å²) >= 11 is 0. The number of esters is 3. The molecule has 6 nitrogen and oxygen atoms in total. The van der Waals surface area contributed by atoms with Crippen molar-refractivity contribution >= 4 is 17.9 Å². The van der Waals surface area contributed by atoms with Gasteiger partial charge in [0.15, 0.2) is 6.10 Å². The number of ether oxygens (including phenoxy) is 3. The molecule has 0 radical (unpaired) electrons. The first-order valence-corrected chi connectivity index (χ1v) is 32.0. The van der Waals surface area contributed by atoms with Gasteiger partial charge in [0.1, 0.15) is 13.2 Å². The minimum atomic E-state index is -0.773. The Morgan fingerprint density at radius 1 is 0.278 bits per heavy atom. The zero-order chi connectivity index (χ0) is 52.2. The number of rotatable bonds is 59. The van der Waals surface area contributed by atoms with Gasteiger partial charge in [-0.3, -0.25) is 14.4 Å². The van der Waals surface area contributed by atoms with E-state index >= 15 is 0 Å². The maximum absolute atomic E-state index is 12.9. The van der Waals surface area contributed by atoms with Gasteiger partial charge in [-0.1, -0.05) is 288 Å². The molecule has 0 heterocycles. The lowest BCUT2D eigenvalue weighted by atomic mass is 10.0. The average molecular weight is 1010 g/mol. The zero-order valence-electron chi connectivity index (χ0n) is 48.5. The SMILES string of the molecule is CCCCC/C=C\C/C=C\CCCCCCCCCC(=O)OC(COC(=O)CCCCCCCCCCCC)COC(=O)CCCCCCCCCCCCCCCCC/C=C\CCCCCCCCCC. The van der Waals surface area contributed by atoms with Crippen molar-refractivity contribution in [1.29, 1.82) is 0 Å². The molecule has 72 heavy (non-hydrogen) atoms. The maximum atomic E-state index is 12.9. The molecule has 0 bridgehead atoms. The van der Waals surface area contributed by atoms with E-state index in [0.29, 0.717) is 19.3 Å². The van der Waals surface area contributed by atoms with Gasteiger partial charge in [0.25, 0.3) is 0 Å². The molecule has 6 heteroatoms. The molecule has 0 fully saturated rings. The highest BCUT2D eigenvalue weighted by Gasteiger charge is 2.19. The predicted octanol–water partition coefficient (Wildman–Crippen LogP) is 21.6.